The molecule has 0 radical (unpaired) electrons. The zero-order chi connectivity index (χ0) is 19.1. The molecule has 0 fully saturated rings. The average molecular weight is 393 g/mol. The van der Waals surface area contributed by atoms with Crippen molar-refractivity contribution in [2.24, 2.45) is 0 Å². The standard InChI is InChI=1S/C18H15N7O2S/c26-28(27,17-5-6-22-24-17)25-9-14-16(10-25)20-11-21-18(14)23-13-7-12-3-1-2-4-15(12)19-8-13/h1-8,11H,9-10H2,(H,22,24)(H,20,21,23). The van der Waals surface area contributed by atoms with Gasteiger partial charge in [-0.1, -0.05) is 18.2 Å². The summed E-state index contributed by atoms with van der Waals surface area (Å²) < 4.78 is 26.9. The lowest BCUT2D eigenvalue weighted by Crippen LogP contribution is -2.26. The van der Waals surface area contributed by atoms with Gasteiger partial charge >= 0.3 is 0 Å². The SMILES string of the molecule is O=S(=O)(c1ccn[nH]1)N1Cc2ncnc(Nc3cnc4ccccc4c3)c2C1. The number of fused-ring (bicyclic) bond motifs is 2. The van der Waals surface area contributed by atoms with Crippen molar-refractivity contribution >= 4 is 32.4 Å². The van der Waals surface area contributed by atoms with E-state index in [1.807, 2.05) is 30.3 Å². The Morgan fingerprint density at radius 1 is 1.07 bits per heavy atom. The number of nitrogens with one attached hydrogen (secondary N) is 2. The fourth-order valence-electron chi connectivity index (χ4n) is 3.23. The highest BCUT2D eigenvalue weighted by Crippen LogP contribution is 2.31. The van der Waals surface area contributed by atoms with Gasteiger partial charge in [-0.2, -0.15) is 9.40 Å². The Morgan fingerprint density at radius 2 is 1.96 bits per heavy atom. The number of hydrogen-bond acceptors (Lipinski definition) is 7. The number of benzene rings is 1. The van der Waals surface area contributed by atoms with Crippen LogP contribution in [0.3, 0.4) is 0 Å². The van der Waals surface area contributed by atoms with Crippen LogP contribution in [0.4, 0.5) is 11.5 Å². The number of aromatic amines is 1. The molecule has 0 spiro atoms. The second kappa shape index (κ2) is 6.36. The number of aromatic nitrogens is 5. The van der Waals surface area contributed by atoms with Crippen LogP contribution in [-0.4, -0.2) is 37.9 Å². The smallest absolute Gasteiger partial charge is 0.260 e. The minimum absolute atomic E-state index is 0.0569. The Bertz CT molecular complexity index is 1270. The Labute approximate surface area is 160 Å². The third kappa shape index (κ3) is 2.79. The van der Waals surface area contributed by atoms with Gasteiger partial charge in [0.1, 0.15) is 12.1 Å². The molecule has 1 aliphatic heterocycles. The van der Waals surface area contributed by atoms with Crippen LogP contribution in [0.1, 0.15) is 11.3 Å². The summed E-state index contributed by atoms with van der Waals surface area (Å²) in [4.78, 5) is 13.0. The summed E-state index contributed by atoms with van der Waals surface area (Å²) in [6.07, 6.45) is 4.57. The maximum atomic E-state index is 12.8. The number of hydrogen-bond donors (Lipinski definition) is 2. The molecule has 1 aromatic carbocycles. The minimum Gasteiger partial charge on any atom is -0.339 e. The van der Waals surface area contributed by atoms with Gasteiger partial charge in [0.15, 0.2) is 5.03 Å². The number of rotatable bonds is 4. The summed E-state index contributed by atoms with van der Waals surface area (Å²) in [7, 11) is -3.67. The number of para-hydroxylation sites is 1. The maximum Gasteiger partial charge on any atom is 0.260 e. The predicted octanol–water partition coefficient (Wildman–Crippen LogP) is 2.20. The zero-order valence-electron chi connectivity index (χ0n) is 14.6. The number of nitrogens with zero attached hydrogens (tertiary/aromatic N) is 5. The Morgan fingerprint density at radius 3 is 2.82 bits per heavy atom. The molecule has 0 aliphatic carbocycles. The monoisotopic (exact) mass is 393 g/mol. The van der Waals surface area contributed by atoms with Gasteiger partial charge in [-0.3, -0.25) is 10.1 Å². The minimum atomic E-state index is -3.67. The van der Waals surface area contributed by atoms with Gasteiger partial charge in [-0.25, -0.2) is 18.4 Å². The summed E-state index contributed by atoms with van der Waals surface area (Å²) >= 11 is 0. The molecule has 1 aliphatic rings. The summed E-state index contributed by atoms with van der Waals surface area (Å²) in [6, 6.07) is 11.2. The highest BCUT2D eigenvalue weighted by atomic mass is 32.2. The molecule has 0 saturated carbocycles. The molecule has 0 unspecified atom stereocenters. The number of H-pyrrole nitrogens is 1. The Hall–Kier alpha value is -3.37. The van der Waals surface area contributed by atoms with Gasteiger partial charge in [-0.05, 0) is 18.2 Å². The van der Waals surface area contributed by atoms with Crippen LogP contribution in [0.2, 0.25) is 0 Å². The van der Waals surface area contributed by atoms with Crippen molar-refractivity contribution in [3.63, 3.8) is 0 Å². The molecule has 5 rings (SSSR count). The first kappa shape index (κ1) is 16.8. The third-order valence-electron chi connectivity index (χ3n) is 4.64. The quantitative estimate of drug-likeness (QED) is 0.546. The van der Waals surface area contributed by atoms with Crippen LogP contribution in [0, 0.1) is 0 Å². The van der Waals surface area contributed by atoms with Gasteiger partial charge in [0, 0.05) is 17.5 Å². The zero-order valence-corrected chi connectivity index (χ0v) is 15.4. The first-order valence-electron chi connectivity index (χ1n) is 8.55. The lowest BCUT2D eigenvalue weighted by molar-refractivity contribution is 0.427. The van der Waals surface area contributed by atoms with E-state index in [1.165, 1.54) is 22.9 Å². The van der Waals surface area contributed by atoms with Crippen molar-refractivity contribution in [2.45, 2.75) is 18.1 Å². The van der Waals surface area contributed by atoms with E-state index in [-0.39, 0.29) is 18.1 Å². The van der Waals surface area contributed by atoms with E-state index < -0.39 is 10.0 Å². The summed E-state index contributed by atoms with van der Waals surface area (Å²) in [5, 5.41) is 10.5. The molecule has 0 atom stereocenters. The molecule has 9 nitrogen and oxygen atoms in total. The number of sulfonamides is 1. The van der Waals surface area contributed by atoms with Crippen LogP contribution in [0.25, 0.3) is 10.9 Å². The fraction of sp³-hybridized carbons (Fsp3) is 0.111. The highest BCUT2D eigenvalue weighted by Gasteiger charge is 2.34. The molecule has 0 amide bonds. The average Bonchev–Trinajstić information content (AvgIpc) is 3.39. The molecule has 140 valence electrons. The van der Waals surface area contributed by atoms with E-state index in [1.54, 1.807) is 6.20 Å². The van der Waals surface area contributed by atoms with Crippen molar-refractivity contribution in [2.75, 3.05) is 5.32 Å². The van der Waals surface area contributed by atoms with E-state index in [0.29, 0.717) is 11.5 Å². The maximum absolute atomic E-state index is 12.8. The van der Waals surface area contributed by atoms with Gasteiger partial charge in [0.2, 0.25) is 0 Å². The van der Waals surface area contributed by atoms with Crippen LogP contribution >= 0.6 is 0 Å². The Balaban J connectivity index is 1.46. The molecule has 0 saturated heterocycles. The van der Waals surface area contributed by atoms with E-state index >= 15 is 0 Å². The van der Waals surface area contributed by atoms with Crippen molar-refractivity contribution in [1.29, 1.82) is 0 Å². The molecule has 3 aromatic heterocycles. The summed E-state index contributed by atoms with van der Waals surface area (Å²) in [5.74, 6) is 0.574. The summed E-state index contributed by atoms with van der Waals surface area (Å²) in [5.41, 5.74) is 3.10. The van der Waals surface area contributed by atoms with E-state index in [2.05, 4.69) is 30.5 Å². The topological polar surface area (TPSA) is 117 Å². The number of anilines is 2. The first-order chi connectivity index (χ1) is 13.6. The molecule has 4 aromatic rings. The van der Waals surface area contributed by atoms with Crippen LogP contribution in [0.5, 0.6) is 0 Å². The second-order valence-electron chi connectivity index (χ2n) is 6.38. The van der Waals surface area contributed by atoms with Gasteiger partial charge < -0.3 is 5.32 Å². The molecule has 4 heterocycles. The van der Waals surface area contributed by atoms with Crippen molar-refractivity contribution in [3.05, 3.63) is 66.4 Å². The van der Waals surface area contributed by atoms with Crippen LogP contribution < -0.4 is 5.32 Å². The molecular weight excluding hydrogens is 378 g/mol. The normalized spacial score (nSPS) is 14.3. The lowest BCUT2D eigenvalue weighted by Gasteiger charge is -2.13. The molecule has 28 heavy (non-hydrogen) atoms. The van der Waals surface area contributed by atoms with E-state index in [4.69, 9.17) is 0 Å². The van der Waals surface area contributed by atoms with Crippen LogP contribution in [-0.2, 0) is 23.1 Å². The highest BCUT2D eigenvalue weighted by molar-refractivity contribution is 7.89. The predicted molar refractivity (Wildman–Crippen MR) is 102 cm³/mol. The molecular formula is C18H15N7O2S. The molecule has 10 heteroatoms. The van der Waals surface area contributed by atoms with Gasteiger partial charge in [-0.15, -0.1) is 0 Å². The van der Waals surface area contributed by atoms with Gasteiger partial charge in [0.25, 0.3) is 10.0 Å². The van der Waals surface area contributed by atoms with Crippen molar-refractivity contribution < 1.29 is 8.42 Å². The second-order valence-corrected chi connectivity index (χ2v) is 8.29. The van der Waals surface area contributed by atoms with Crippen molar-refractivity contribution in [3.8, 4) is 0 Å². The molecule has 0 bridgehead atoms. The Kier molecular flexibility index (Phi) is 3.81. The van der Waals surface area contributed by atoms with E-state index in [0.717, 1.165) is 22.2 Å². The lowest BCUT2D eigenvalue weighted by atomic mass is 10.2. The van der Waals surface area contributed by atoms with Gasteiger partial charge in [0.05, 0.1) is 35.8 Å². The summed E-state index contributed by atoms with van der Waals surface area (Å²) in [6.45, 7) is 0.366. The third-order valence-corrected chi connectivity index (χ3v) is 6.36. The van der Waals surface area contributed by atoms with Crippen LogP contribution in [0.15, 0.2) is 60.1 Å². The van der Waals surface area contributed by atoms with Crippen molar-refractivity contribution in [1.82, 2.24) is 29.5 Å². The van der Waals surface area contributed by atoms with E-state index in [9.17, 15) is 8.42 Å². The molecule has 2 N–H and O–H groups in total. The number of pyridine rings is 1. The first-order valence-corrected chi connectivity index (χ1v) is 9.99. The fourth-order valence-corrected chi connectivity index (χ4v) is 4.50. The largest absolute Gasteiger partial charge is 0.339 e.